The molecule has 0 unspecified atom stereocenters. The summed E-state index contributed by atoms with van der Waals surface area (Å²) in [5.74, 6) is 0.273. The summed E-state index contributed by atoms with van der Waals surface area (Å²) in [6.45, 7) is 0.443. The van der Waals surface area contributed by atoms with E-state index in [0.29, 0.717) is 12.4 Å². The van der Waals surface area contributed by atoms with Crippen molar-refractivity contribution in [2.75, 3.05) is 14.2 Å². The molecule has 1 aromatic heterocycles. The zero-order valence-electron chi connectivity index (χ0n) is 11.4. The number of pyridine rings is 1. The molecule has 5 heteroatoms. The maximum absolute atomic E-state index is 11.9. The van der Waals surface area contributed by atoms with Crippen molar-refractivity contribution in [1.82, 2.24) is 10.0 Å². The fourth-order valence-corrected chi connectivity index (χ4v) is 1.60. The molecule has 0 fully saturated rings. The Hall–Kier alpha value is -2.40. The van der Waals surface area contributed by atoms with Gasteiger partial charge in [0.2, 0.25) is 0 Å². The molecule has 0 aliphatic heterocycles. The van der Waals surface area contributed by atoms with Crippen molar-refractivity contribution >= 4 is 5.91 Å². The van der Waals surface area contributed by atoms with E-state index in [1.807, 2.05) is 30.3 Å². The van der Waals surface area contributed by atoms with E-state index >= 15 is 0 Å². The van der Waals surface area contributed by atoms with Gasteiger partial charge in [0.1, 0.15) is 18.1 Å². The molecular formula is C15H16N2O3. The number of carbonyl (C=O) groups excluding carboxylic acids is 1. The van der Waals surface area contributed by atoms with Crippen LogP contribution in [0.4, 0.5) is 0 Å². The van der Waals surface area contributed by atoms with E-state index in [-0.39, 0.29) is 11.6 Å². The molecule has 0 saturated carbocycles. The van der Waals surface area contributed by atoms with Crippen LogP contribution in [0, 0.1) is 0 Å². The van der Waals surface area contributed by atoms with Crippen LogP contribution in [0.2, 0.25) is 0 Å². The van der Waals surface area contributed by atoms with Crippen LogP contribution in [0.15, 0.2) is 48.7 Å². The van der Waals surface area contributed by atoms with E-state index in [9.17, 15) is 4.79 Å². The molecule has 0 spiro atoms. The number of rotatable bonds is 5. The second kappa shape index (κ2) is 6.68. The summed E-state index contributed by atoms with van der Waals surface area (Å²) in [5, 5.41) is 1.11. The SMILES string of the molecule is CON(C)C(=O)c1cc(OCc2ccccc2)ccn1. The number of aromatic nitrogens is 1. The molecule has 0 bridgehead atoms. The van der Waals surface area contributed by atoms with Crippen molar-refractivity contribution < 1.29 is 14.4 Å². The molecule has 0 aliphatic carbocycles. The van der Waals surface area contributed by atoms with Gasteiger partial charge in [0.25, 0.3) is 5.91 Å². The molecule has 5 nitrogen and oxygen atoms in total. The number of hydrogen-bond acceptors (Lipinski definition) is 4. The van der Waals surface area contributed by atoms with Gasteiger partial charge in [0.15, 0.2) is 0 Å². The highest BCUT2D eigenvalue weighted by molar-refractivity contribution is 5.91. The summed E-state index contributed by atoms with van der Waals surface area (Å²) >= 11 is 0. The van der Waals surface area contributed by atoms with Crippen LogP contribution >= 0.6 is 0 Å². The Labute approximate surface area is 117 Å². The van der Waals surface area contributed by atoms with Gasteiger partial charge in [-0.2, -0.15) is 0 Å². The smallest absolute Gasteiger partial charge is 0.295 e. The molecule has 0 radical (unpaired) electrons. The number of nitrogens with zero attached hydrogens (tertiary/aromatic N) is 2. The second-order valence-corrected chi connectivity index (χ2v) is 4.14. The first-order chi connectivity index (χ1) is 9.70. The number of amides is 1. The highest BCUT2D eigenvalue weighted by Gasteiger charge is 2.13. The standard InChI is InChI=1S/C15H16N2O3/c1-17(19-2)15(18)14-10-13(8-9-16-14)20-11-12-6-4-3-5-7-12/h3-10H,11H2,1-2H3. The lowest BCUT2D eigenvalue weighted by Gasteiger charge is -2.13. The maximum Gasteiger partial charge on any atom is 0.295 e. The van der Waals surface area contributed by atoms with Gasteiger partial charge in [-0.15, -0.1) is 0 Å². The summed E-state index contributed by atoms with van der Waals surface area (Å²) in [5.41, 5.74) is 1.34. The lowest BCUT2D eigenvalue weighted by Crippen LogP contribution is -2.26. The van der Waals surface area contributed by atoms with E-state index in [4.69, 9.17) is 9.57 Å². The van der Waals surface area contributed by atoms with Crippen LogP contribution in [0.1, 0.15) is 16.1 Å². The van der Waals surface area contributed by atoms with Crippen molar-refractivity contribution in [1.29, 1.82) is 0 Å². The lowest BCUT2D eigenvalue weighted by molar-refractivity contribution is -0.0760. The van der Waals surface area contributed by atoms with E-state index < -0.39 is 0 Å². The summed E-state index contributed by atoms with van der Waals surface area (Å²) in [6, 6.07) is 13.1. The first-order valence-corrected chi connectivity index (χ1v) is 6.15. The fourth-order valence-electron chi connectivity index (χ4n) is 1.60. The van der Waals surface area contributed by atoms with Gasteiger partial charge in [-0.25, -0.2) is 5.06 Å². The summed E-state index contributed by atoms with van der Waals surface area (Å²) in [6.07, 6.45) is 1.54. The topological polar surface area (TPSA) is 51.7 Å². The van der Waals surface area contributed by atoms with Gasteiger partial charge in [-0.05, 0) is 11.6 Å². The molecule has 2 rings (SSSR count). The third-order valence-electron chi connectivity index (χ3n) is 2.76. The highest BCUT2D eigenvalue weighted by atomic mass is 16.7. The average molecular weight is 272 g/mol. The molecule has 0 N–H and O–H groups in total. The average Bonchev–Trinajstić information content (AvgIpc) is 2.52. The highest BCUT2D eigenvalue weighted by Crippen LogP contribution is 2.14. The Morgan fingerprint density at radius 1 is 1.25 bits per heavy atom. The molecule has 0 aliphatic rings. The summed E-state index contributed by atoms with van der Waals surface area (Å²) in [7, 11) is 2.95. The van der Waals surface area contributed by atoms with Gasteiger partial charge in [-0.3, -0.25) is 14.6 Å². The first kappa shape index (κ1) is 14.0. The predicted molar refractivity (Wildman–Crippen MR) is 74.1 cm³/mol. The second-order valence-electron chi connectivity index (χ2n) is 4.14. The van der Waals surface area contributed by atoms with Gasteiger partial charge in [-0.1, -0.05) is 30.3 Å². The molecule has 1 amide bonds. The largest absolute Gasteiger partial charge is 0.489 e. The van der Waals surface area contributed by atoms with Crippen LogP contribution < -0.4 is 4.74 Å². The van der Waals surface area contributed by atoms with Crippen LogP contribution in [-0.4, -0.2) is 30.1 Å². The van der Waals surface area contributed by atoms with E-state index in [1.54, 1.807) is 12.1 Å². The van der Waals surface area contributed by atoms with Gasteiger partial charge < -0.3 is 4.74 Å². The van der Waals surface area contributed by atoms with Crippen LogP contribution in [0.5, 0.6) is 5.75 Å². The van der Waals surface area contributed by atoms with Crippen molar-refractivity contribution in [3.63, 3.8) is 0 Å². The van der Waals surface area contributed by atoms with Crippen LogP contribution in [0.3, 0.4) is 0 Å². The molecular weight excluding hydrogens is 256 g/mol. The Bertz CT molecular complexity index is 572. The molecule has 1 heterocycles. The minimum absolute atomic E-state index is 0.278. The third kappa shape index (κ3) is 3.55. The molecule has 2 aromatic rings. The van der Waals surface area contributed by atoms with E-state index in [2.05, 4.69) is 4.98 Å². The zero-order valence-corrected chi connectivity index (χ0v) is 11.4. The number of benzene rings is 1. The van der Waals surface area contributed by atoms with Gasteiger partial charge in [0.05, 0.1) is 7.11 Å². The number of carbonyl (C=O) groups is 1. The molecule has 104 valence electrons. The number of ether oxygens (including phenoxy) is 1. The van der Waals surface area contributed by atoms with E-state index in [0.717, 1.165) is 10.6 Å². The molecule has 0 atom stereocenters. The third-order valence-corrected chi connectivity index (χ3v) is 2.76. The van der Waals surface area contributed by atoms with Crippen molar-refractivity contribution in [3.8, 4) is 5.75 Å². The Balaban J connectivity index is 2.05. The molecule has 20 heavy (non-hydrogen) atoms. The number of hydroxylamine groups is 2. The van der Waals surface area contributed by atoms with Crippen molar-refractivity contribution in [2.45, 2.75) is 6.61 Å². The lowest BCUT2D eigenvalue weighted by atomic mass is 10.2. The van der Waals surface area contributed by atoms with E-state index in [1.165, 1.54) is 20.4 Å². The van der Waals surface area contributed by atoms with Crippen molar-refractivity contribution in [2.24, 2.45) is 0 Å². The minimum Gasteiger partial charge on any atom is -0.489 e. The van der Waals surface area contributed by atoms with Crippen LogP contribution in [-0.2, 0) is 11.4 Å². The summed E-state index contributed by atoms with van der Waals surface area (Å²) in [4.78, 5) is 20.7. The molecule has 0 saturated heterocycles. The Kier molecular flexibility index (Phi) is 4.68. The monoisotopic (exact) mass is 272 g/mol. The summed E-state index contributed by atoms with van der Waals surface area (Å²) < 4.78 is 5.64. The maximum atomic E-state index is 11.9. The minimum atomic E-state index is -0.322. The quantitative estimate of drug-likeness (QED) is 0.784. The Morgan fingerprint density at radius 3 is 2.70 bits per heavy atom. The zero-order chi connectivity index (χ0) is 14.4. The van der Waals surface area contributed by atoms with Crippen LogP contribution in [0.25, 0.3) is 0 Å². The first-order valence-electron chi connectivity index (χ1n) is 6.15. The number of hydrogen-bond donors (Lipinski definition) is 0. The fraction of sp³-hybridized carbons (Fsp3) is 0.200. The normalized spacial score (nSPS) is 10.1. The van der Waals surface area contributed by atoms with Crippen molar-refractivity contribution in [3.05, 3.63) is 59.9 Å². The van der Waals surface area contributed by atoms with Gasteiger partial charge >= 0.3 is 0 Å². The molecule has 1 aromatic carbocycles. The Morgan fingerprint density at radius 2 is 2.00 bits per heavy atom. The van der Waals surface area contributed by atoms with Gasteiger partial charge in [0, 0.05) is 19.3 Å². The predicted octanol–water partition coefficient (Wildman–Crippen LogP) is 2.29.